The highest BCUT2D eigenvalue weighted by atomic mass is 16.6. The number of cyclic esters (lactones) is 1. The first-order valence-electron chi connectivity index (χ1n) is 32.2. The van der Waals surface area contributed by atoms with Crippen LogP contribution in [0.15, 0.2) is 72.4 Å². The molecular formula is C66H99N9O18. The van der Waals surface area contributed by atoms with Gasteiger partial charge in [0.25, 0.3) is 11.8 Å². The molecule has 1 aromatic rings. The zero-order valence-electron chi connectivity index (χ0n) is 55.5. The summed E-state index contributed by atoms with van der Waals surface area (Å²) in [5.74, 6) is -4.41. The number of benzene rings is 1. The number of likely N-dealkylation sites (N-methyl/N-ethyl adjacent to an activating group) is 1. The smallest absolute Gasteiger partial charge is 0.415 e. The number of amides is 9. The van der Waals surface area contributed by atoms with Gasteiger partial charge in [-0.1, -0.05) is 65.3 Å². The Balaban J connectivity index is 1.12. The number of nitrogens with zero attached hydrogens (tertiary/aromatic N) is 4. The summed E-state index contributed by atoms with van der Waals surface area (Å²) in [4.78, 5) is 135. The second-order valence-corrected chi connectivity index (χ2v) is 25.5. The van der Waals surface area contributed by atoms with Crippen molar-refractivity contribution in [1.29, 1.82) is 0 Å². The molecule has 27 nitrogen and oxygen atoms in total. The molecule has 4 aliphatic rings. The first kappa shape index (κ1) is 76.0. The molecule has 9 amide bonds. The third-order valence-electron chi connectivity index (χ3n) is 17.0. The molecule has 0 bridgehead atoms. The number of hydrogen-bond acceptors (Lipinski definition) is 19. The summed E-state index contributed by atoms with van der Waals surface area (Å²) < 4.78 is 29.4. The van der Waals surface area contributed by atoms with Crippen LogP contribution < -0.4 is 31.7 Å². The number of hydrogen-bond donors (Lipinski definition) is 8. The maximum atomic E-state index is 14.0. The molecule has 0 radical (unpaired) electrons. The Morgan fingerprint density at radius 1 is 0.925 bits per heavy atom. The molecule has 0 aliphatic carbocycles. The molecule has 4 heterocycles. The first-order chi connectivity index (χ1) is 43.9. The van der Waals surface area contributed by atoms with Gasteiger partial charge in [-0.3, -0.25) is 43.4 Å². The molecular weight excluding hydrogens is 1210 g/mol. The number of piperazine rings is 1. The monoisotopic (exact) mass is 1310 g/mol. The van der Waals surface area contributed by atoms with Crippen LogP contribution in [0, 0.1) is 17.8 Å². The first-order valence-corrected chi connectivity index (χ1v) is 32.2. The third-order valence-corrected chi connectivity index (χ3v) is 17.0. The number of carbonyl (C=O) groups is 10. The number of anilines is 1. The molecule has 516 valence electrons. The largest absolute Gasteiger partial charge is 0.457 e. The summed E-state index contributed by atoms with van der Waals surface area (Å²) >= 11 is 0. The molecule has 5 rings (SSSR count). The van der Waals surface area contributed by atoms with Crippen LogP contribution in [0.25, 0.3) is 0 Å². The van der Waals surface area contributed by atoms with Crippen LogP contribution in [-0.2, 0) is 52.5 Å². The van der Waals surface area contributed by atoms with Crippen molar-refractivity contribution in [2.24, 2.45) is 23.5 Å². The minimum absolute atomic E-state index is 0.000947. The molecule has 0 spiro atoms. The van der Waals surface area contributed by atoms with Crippen molar-refractivity contribution in [1.82, 2.24) is 35.6 Å². The summed E-state index contributed by atoms with van der Waals surface area (Å²) in [5.41, 5.74) is 3.45. The van der Waals surface area contributed by atoms with E-state index in [1.165, 1.54) is 53.1 Å². The lowest BCUT2D eigenvalue weighted by Crippen LogP contribution is -2.54. The molecule has 0 saturated carbocycles. The molecule has 0 aromatic heterocycles. The number of nitrogens with two attached hydrogens (primary N) is 1. The molecule has 27 heteroatoms. The number of primary amides is 1. The van der Waals surface area contributed by atoms with E-state index in [0.29, 0.717) is 63.0 Å². The summed E-state index contributed by atoms with van der Waals surface area (Å²) in [6.45, 7) is 17.8. The van der Waals surface area contributed by atoms with E-state index in [1.54, 1.807) is 72.0 Å². The molecule has 2 saturated heterocycles. The zero-order valence-corrected chi connectivity index (χ0v) is 55.5. The van der Waals surface area contributed by atoms with E-state index in [1.807, 2.05) is 20.8 Å². The van der Waals surface area contributed by atoms with E-state index >= 15 is 0 Å². The van der Waals surface area contributed by atoms with Crippen LogP contribution in [0.3, 0.4) is 0 Å². The fourth-order valence-corrected chi connectivity index (χ4v) is 11.2. The van der Waals surface area contributed by atoms with Crippen molar-refractivity contribution < 1.29 is 86.9 Å². The van der Waals surface area contributed by atoms with Crippen molar-refractivity contribution in [2.75, 3.05) is 64.7 Å². The van der Waals surface area contributed by atoms with E-state index in [4.69, 9.17) is 29.4 Å². The van der Waals surface area contributed by atoms with Gasteiger partial charge < -0.3 is 75.8 Å². The van der Waals surface area contributed by atoms with Crippen molar-refractivity contribution in [3.63, 3.8) is 0 Å². The number of ether oxygens (including phenoxy) is 5. The Labute approximate surface area is 545 Å². The SMILES string of the molecule is CC[C@H](O)[C@@H](C)[C@H]1O[C@@H]1C[C@@](C)(O)/C=C/C=C(\C)[C@H]1OC(=O)C[C@H](O)CC[C@@](C)(OC(C)=O)[C@@H](OC(=O)N2CCN(CCN(C)C(=O)Oc3ccc(NC(=O)[C@H](CCCNC(N)=O)NC(=O)[C@@H](NC(=O)CCCCCN4C(=O)C=CC4=O)C(C)C)cc3)CC2)/C=C\[C@@H]1C. The third kappa shape index (κ3) is 24.9. The van der Waals surface area contributed by atoms with Gasteiger partial charge in [0.15, 0.2) is 6.10 Å². The van der Waals surface area contributed by atoms with Gasteiger partial charge in [-0.15, -0.1) is 0 Å². The van der Waals surface area contributed by atoms with Crippen molar-refractivity contribution >= 4 is 65.4 Å². The number of urea groups is 1. The Kier molecular flexibility index (Phi) is 29.5. The predicted molar refractivity (Wildman–Crippen MR) is 342 cm³/mol. The summed E-state index contributed by atoms with van der Waals surface area (Å²) in [7, 11) is 1.58. The molecule has 12 atom stereocenters. The molecule has 0 unspecified atom stereocenters. The number of esters is 2. The maximum absolute atomic E-state index is 14.0. The highest BCUT2D eigenvalue weighted by Gasteiger charge is 2.47. The lowest BCUT2D eigenvalue weighted by atomic mass is 9.88. The number of aliphatic hydroxyl groups excluding tert-OH is 2. The number of carbonyl (C=O) groups excluding carboxylic acids is 10. The highest BCUT2D eigenvalue weighted by Crippen LogP contribution is 2.38. The van der Waals surface area contributed by atoms with Crippen LogP contribution in [0.5, 0.6) is 5.75 Å². The van der Waals surface area contributed by atoms with Crippen LogP contribution in [0.2, 0.25) is 0 Å². The zero-order chi connectivity index (χ0) is 68.7. The molecule has 4 aliphatic heterocycles. The lowest BCUT2D eigenvalue weighted by Gasteiger charge is -2.39. The van der Waals surface area contributed by atoms with Crippen LogP contribution in [-0.4, -0.2) is 214 Å². The molecule has 9 N–H and O–H groups in total. The summed E-state index contributed by atoms with van der Waals surface area (Å²) in [5, 5.41) is 43.2. The van der Waals surface area contributed by atoms with E-state index < -0.39 is 95.6 Å². The Hall–Kier alpha value is -7.72. The number of aliphatic hydroxyl groups is 3. The van der Waals surface area contributed by atoms with Gasteiger partial charge in [-0.25, -0.2) is 14.4 Å². The number of imide groups is 1. The van der Waals surface area contributed by atoms with Crippen molar-refractivity contribution in [3.05, 3.63) is 72.4 Å². The van der Waals surface area contributed by atoms with Gasteiger partial charge in [0.2, 0.25) is 17.7 Å². The Morgan fingerprint density at radius 2 is 1.60 bits per heavy atom. The van der Waals surface area contributed by atoms with E-state index in [-0.39, 0.29) is 119 Å². The van der Waals surface area contributed by atoms with Gasteiger partial charge >= 0.3 is 30.2 Å². The van der Waals surface area contributed by atoms with Crippen molar-refractivity contribution in [2.45, 2.75) is 193 Å². The lowest BCUT2D eigenvalue weighted by molar-refractivity contribution is -0.168. The second kappa shape index (κ2) is 36.1. The average molecular weight is 1310 g/mol. The molecule has 2 fully saturated rings. The number of nitrogens with one attached hydrogen (secondary N) is 4. The summed E-state index contributed by atoms with van der Waals surface area (Å²) in [6, 6.07) is 3.14. The quantitative estimate of drug-likeness (QED) is 0.00997. The van der Waals surface area contributed by atoms with Gasteiger partial charge in [0, 0.05) is 109 Å². The van der Waals surface area contributed by atoms with E-state index in [9.17, 15) is 63.3 Å². The Morgan fingerprint density at radius 3 is 2.24 bits per heavy atom. The van der Waals surface area contributed by atoms with E-state index in [0.717, 1.165) is 4.90 Å². The molecule has 93 heavy (non-hydrogen) atoms. The number of rotatable bonds is 30. The summed E-state index contributed by atoms with van der Waals surface area (Å²) in [6.07, 6.45) is 7.98. The normalized spacial score (nSPS) is 24.5. The number of unbranched alkanes of at least 4 members (excludes halogenated alkanes) is 2. The second-order valence-electron chi connectivity index (χ2n) is 25.5. The minimum Gasteiger partial charge on any atom is -0.457 e. The highest BCUT2D eigenvalue weighted by molar-refractivity contribution is 6.12. The topological polar surface area (TPSA) is 368 Å². The van der Waals surface area contributed by atoms with Crippen LogP contribution in [0.4, 0.5) is 20.1 Å². The number of epoxide rings is 1. The van der Waals surface area contributed by atoms with Crippen molar-refractivity contribution in [3.8, 4) is 5.75 Å². The van der Waals surface area contributed by atoms with Crippen LogP contribution in [0.1, 0.15) is 133 Å². The average Bonchev–Trinajstić information content (AvgIpc) is 1.73. The number of allylic oxidation sites excluding steroid dienone is 2. The Bertz CT molecular complexity index is 2850. The fraction of sp³-hybridized carbons (Fsp3) is 0.636. The van der Waals surface area contributed by atoms with E-state index in [2.05, 4.69) is 26.2 Å². The fourth-order valence-electron chi connectivity index (χ4n) is 11.2. The molecule has 1 aromatic carbocycles. The van der Waals surface area contributed by atoms with Crippen LogP contribution >= 0.6 is 0 Å². The standard InChI is InChI=1S/C66H99N9O18/c1-11-50(78)44(6)59-51(90-59)40-65(8,88)29-15-17-42(4)58-43(5)20-25-52(66(9,93-45(7)76)30-28-47(77)39-56(82)92-58)91-64(87)74-37-35-73(36-38-74)34-33-72(10)63(86)89-48-23-21-46(22-24-48)69-60(83)49(18-16-31-68-62(67)85)70-61(84)57(41(2)3)71-53(79)19-13-12-14-32-75-54(80)26-27-55(75)81/h15,17,20-27,29,41,43-44,47,49-52,57-59,77-78,88H,11-14,16,18-19,28,30-40H2,1-10H3,(H,69,83)(H,70,84)(H,71,79)(H3,67,68,85)/b25-20-,29-15+,42-17+/t43-,44+,47+,49-,50-,51+,52-,57-,58+,59+,65-,66+/m0/s1. The minimum atomic E-state index is -1.46. The van der Waals surface area contributed by atoms with Gasteiger partial charge in [0.05, 0.1) is 36.4 Å². The van der Waals surface area contributed by atoms with Gasteiger partial charge in [-0.2, -0.15) is 0 Å². The maximum Gasteiger partial charge on any atom is 0.415 e. The van der Waals surface area contributed by atoms with Gasteiger partial charge in [0.1, 0.15) is 29.5 Å². The predicted octanol–water partition coefficient (Wildman–Crippen LogP) is 4.53. The van der Waals surface area contributed by atoms with Gasteiger partial charge in [-0.05, 0) is 108 Å².